The number of hydrogen-bond acceptors (Lipinski definition) is 2. The van der Waals surface area contributed by atoms with Crippen molar-refractivity contribution in [1.29, 1.82) is 0 Å². The molecule has 2 atom stereocenters. The lowest BCUT2D eigenvalue weighted by Crippen LogP contribution is -2.67. The smallest absolute Gasteiger partial charge is 0.0715 e. The zero-order valence-corrected chi connectivity index (χ0v) is 13.6. The molecule has 1 spiro atoms. The van der Waals surface area contributed by atoms with E-state index in [4.69, 9.17) is 6.42 Å². The number of piperazine rings is 1. The van der Waals surface area contributed by atoms with Crippen molar-refractivity contribution in [2.45, 2.75) is 83.3 Å². The Balaban J connectivity index is 2.14. The standard InChI is InChI=1S/C18H32N2/c1-5-10-16(6-2)20-14-18(11-8-7-9-12-18)19-13-17(20)15(3)4/h2,15-17,19H,5,7-14H2,1,3-4H3. The van der Waals surface area contributed by atoms with Crippen LogP contribution >= 0.6 is 0 Å². The van der Waals surface area contributed by atoms with Crippen molar-refractivity contribution in [2.24, 2.45) is 5.92 Å². The minimum Gasteiger partial charge on any atom is -0.308 e. The zero-order chi connectivity index (χ0) is 14.6. The summed E-state index contributed by atoms with van der Waals surface area (Å²) in [6.45, 7) is 9.17. The summed E-state index contributed by atoms with van der Waals surface area (Å²) in [5, 5.41) is 3.91. The van der Waals surface area contributed by atoms with Crippen molar-refractivity contribution < 1.29 is 0 Å². The molecular weight excluding hydrogens is 244 g/mol. The molecule has 2 rings (SSSR count). The van der Waals surface area contributed by atoms with Gasteiger partial charge >= 0.3 is 0 Å². The molecule has 1 saturated carbocycles. The van der Waals surface area contributed by atoms with Gasteiger partial charge in [0.15, 0.2) is 0 Å². The average Bonchev–Trinajstić information content (AvgIpc) is 2.45. The molecule has 1 heterocycles. The Hall–Kier alpha value is -0.520. The van der Waals surface area contributed by atoms with Crippen molar-refractivity contribution in [3.8, 4) is 12.3 Å². The van der Waals surface area contributed by atoms with Crippen LogP contribution in [0.2, 0.25) is 0 Å². The molecule has 2 fully saturated rings. The van der Waals surface area contributed by atoms with Crippen LogP contribution in [0, 0.1) is 18.3 Å². The normalized spacial score (nSPS) is 28.4. The maximum Gasteiger partial charge on any atom is 0.0715 e. The fourth-order valence-electron chi connectivity index (χ4n) is 4.10. The first-order chi connectivity index (χ1) is 9.62. The monoisotopic (exact) mass is 276 g/mol. The van der Waals surface area contributed by atoms with E-state index in [1.807, 2.05) is 0 Å². The van der Waals surface area contributed by atoms with Crippen LogP contribution in [-0.2, 0) is 0 Å². The van der Waals surface area contributed by atoms with Crippen LogP contribution in [0.25, 0.3) is 0 Å². The highest BCUT2D eigenvalue weighted by molar-refractivity contribution is 5.08. The maximum atomic E-state index is 5.86. The molecule has 1 saturated heterocycles. The zero-order valence-electron chi connectivity index (χ0n) is 13.6. The van der Waals surface area contributed by atoms with Crippen molar-refractivity contribution in [3.05, 3.63) is 0 Å². The van der Waals surface area contributed by atoms with Crippen LogP contribution in [0.1, 0.15) is 65.7 Å². The predicted molar refractivity (Wildman–Crippen MR) is 86.7 cm³/mol. The highest BCUT2D eigenvalue weighted by Crippen LogP contribution is 2.34. The number of hydrogen-bond donors (Lipinski definition) is 1. The highest BCUT2D eigenvalue weighted by atomic mass is 15.3. The van der Waals surface area contributed by atoms with Gasteiger partial charge in [-0.2, -0.15) is 0 Å². The first-order valence-corrected chi connectivity index (χ1v) is 8.59. The third-order valence-corrected chi connectivity index (χ3v) is 5.33. The Kier molecular flexibility index (Phi) is 5.52. The second kappa shape index (κ2) is 6.96. The Bertz CT molecular complexity index is 336. The molecule has 1 aliphatic carbocycles. The molecule has 0 aromatic carbocycles. The van der Waals surface area contributed by atoms with Gasteiger partial charge in [-0.1, -0.05) is 52.4 Å². The summed E-state index contributed by atoms with van der Waals surface area (Å²) in [7, 11) is 0. The summed E-state index contributed by atoms with van der Waals surface area (Å²) >= 11 is 0. The molecule has 2 nitrogen and oxygen atoms in total. The quantitative estimate of drug-likeness (QED) is 0.792. The summed E-state index contributed by atoms with van der Waals surface area (Å²) in [6, 6.07) is 0.920. The Morgan fingerprint density at radius 3 is 2.55 bits per heavy atom. The van der Waals surface area contributed by atoms with E-state index in [1.165, 1.54) is 38.5 Å². The van der Waals surface area contributed by atoms with E-state index in [0.29, 0.717) is 23.5 Å². The van der Waals surface area contributed by atoms with Crippen LogP contribution in [0.15, 0.2) is 0 Å². The summed E-state index contributed by atoms with van der Waals surface area (Å²) in [5.74, 6) is 3.74. The van der Waals surface area contributed by atoms with Crippen LogP contribution in [0.3, 0.4) is 0 Å². The van der Waals surface area contributed by atoms with Gasteiger partial charge in [0, 0.05) is 24.7 Å². The predicted octanol–water partition coefficient (Wildman–Crippen LogP) is 3.42. The van der Waals surface area contributed by atoms with Gasteiger partial charge in [-0.25, -0.2) is 0 Å². The van der Waals surface area contributed by atoms with Crippen molar-refractivity contribution >= 4 is 0 Å². The maximum absolute atomic E-state index is 5.86. The molecule has 0 radical (unpaired) electrons. The highest BCUT2D eigenvalue weighted by Gasteiger charge is 2.42. The van der Waals surface area contributed by atoms with E-state index in [0.717, 1.165) is 19.5 Å². The molecule has 1 N–H and O–H groups in total. The number of terminal acetylenes is 1. The Morgan fingerprint density at radius 1 is 1.30 bits per heavy atom. The van der Waals surface area contributed by atoms with Gasteiger partial charge in [0.25, 0.3) is 0 Å². The van der Waals surface area contributed by atoms with E-state index in [1.54, 1.807) is 0 Å². The fraction of sp³-hybridized carbons (Fsp3) is 0.889. The van der Waals surface area contributed by atoms with E-state index in [9.17, 15) is 0 Å². The number of nitrogens with one attached hydrogen (secondary N) is 1. The van der Waals surface area contributed by atoms with E-state index >= 15 is 0 Å². The molecule has 2 aliphatic rings. The van der Waals surface area contributed by atoms with Crippen LogP contribution in [0.4, 0.5) is 0 Å². The summed E-state index contributed by atoms with van der Waals surface area (Å²) in [6.07, 6.45) is 15.0. The van der Waals surface area contributed by atoms with Gasteiger partial charge in [-0.05, 0) is 25.2 Å². The molecule has 20 heavy (non-hydrogen) atoms. The first kappa shape index (κ1) is 15.9. The minimum absolute atomic E-state index is 0.327. The average molecular weight is 276 g/mol. The Labute approximate surface area is 125 Å². The van der Waals surface area contributed by atoms with Crippen molar-refractivity contribution in [2.75, 3.05) is 13.1 Å². The van der Waals surface area contributed by atoms with Gasteiger partial charge in [0.2, 0.25) is 0 Å². The van der Waals surface area contributed by atoms with Crippen LogP contribution in [-0.4, -0.2) is 35.6 Å². The molecule has 0 bridgehead atoms. The molecule has 0 aromatic heterocycles. The molecule has 1 aliphatic heterocycles. The SMILES string of the molecule is C#CC(CCC)N1CC2(CCCCC2)NCC1C(C)C. The molecule has 2 heteroatoms. The third kappa shape index (κ3) is 3.38. The second-order valence-electron chi connectivity index (χ2n) is 7.18. The summed E-state index contributed by atoms with van der Waals surface area (Å²) in [5.41, 5.74) is 0.354. The van der Waals surface area contributed by atoms with Gasteiger partial charge in [0.05, 0.1) is 6.04 Å². The van der Waals surface area contributed by atoms with E-state index < -0.39 is 0 Å². The fourth-order valence-corrected chi connectivity index (χ4v) is 4.10. The van der Waals surface area contributed by atoms with Crippen molar-refractivity contribution in [3.63, 3.8) is 0 Å². The van der Waals surface area contributed by atoms with Crippen LogP contribution < -0.4 is 5.32 Å². The lowest BCUT2D eigenvalue weighted by molar-refractivity contribution is 0.0187. The molecule has 2 unspecified atom stereocenters. The molecule has 114 valence electrons. The van der Waals surface area contributed by atoms with Gasteiger partial charge in [-0.15, -0.1) is 6.42 Å². The largest absolute Gasteiger partial charge is 0.308 e. The lowest BCUT2D eigenvalue weighted by Gasteiger charge is -2.52. The van der Waals surface area contributed by atoms with E-state index in [2.05, 4.69) is 36.9 Å². The number of nitrogens with zero attached hydrogens (tertiary/aromatic N) is 1. The van der Waals surface area contributed by atoms with E-state index in [-0.39, 0.29) is 0 Å². The van der Waals surface area contributed by atoms with Crippen LogP contribution in [0.5, 0.6) is 0 Å². The third-order valence-electron chi connectivity index (χ3n) is 5.33. The topological polar surface area (TPSA) is 15.3 Å². The lowest BCUT2D eigenvalue weighted by atomic mass is 9.78. The summed E-state index contributed by atoms with van der Waals surface area (Å²) < 4.78 is 0. The van der Waals surface area contributed by atoms with Gasteiger partial charge in [-0.3, -0.25) is 4.90 Å². The summed E-state index contributed by atoms with van der Waals surface area (Å²) in [4.78, 5) is 2.66. The van der Waals surface area contributed by atoms with Gasteiger partial charge in [0.1, 0.15) is 0 Å². The second-order valence-corrected chi connectivity index (χ2v) is 7.18. The molecule has 0 aromatic rings. The molecule has 0 amide bonds. The van der Waals surface area contributed by atoms with Crippen molar-refractivity contribution in [1.82, 2.24) is 10.2 Å². The van der Waals surface area contributed by atoms with Gasteiger partial charge < -0.3 is 5.32 Å². The molecular formula is C18H32N2. The minimum atomic E-state index is 0.327. The first-order valence-electron chi connectivity index (χ1n) is 8.59. The number of rotatable bonds is 4. The Morgan fingerprint density at radius 2 is 2.00 bits per heavy atom.